The van der Waals surface area contributed by atoms with Crippen LogP contribution >= 0.6 is 0 Å². The molecule has 2 aliphatic rings. The van der Waals surface area contributed by atoms with Crippen LogP contribution < -0.4 is 20.5 Å². The molecule has 0 aromatic heterocycles. The van der Waals surface area contributed by atoms with Crippen LogP contribution in [0.5, 0.6) is 11.5 Å². The van der Waals surface area contributed by atoms with E-state index in [4.69, 9.17) is 15.2 Å². The summed E-state index contributed by atoms with van der Waals surface area (Å²) in [6.45, 7) is 0.975. The predicted molar refractivity (Wildman–Crippen MR) is 76.3 cm³/mol. The Morgan fingerprint density at radius 2 is 1.90 bits per heavy atom. The van der Waals surface area contributed by atoms with Crippen molar-refractivity contribution >= 4 is 23.2 Å². The van der Waals surface area contributed by atoms with Gasteiger partial charge in [-0.3, -0.25) is 14.5 Å². The summed E-state index contributed by atoms with van der Waals surface area (Å²) in [6.07, 6.45) is 0.792. The molecule has 1 fully saturated rings. The number of imide groups is 1. The molecule has 0 spiro atoms. The minimum atomic E-state index is -0.461. The molecule has 112 valence electrons. The van der Waals surface area contributed by atoms with Crippen LogP contribution in [0.1, 0.15) is 12.8 Å². The van der Waals surface area contributed by atoms with Gasteiger partial charge in [-0.05, 0) is 6.42 Å². The number of carbonyl (C=O) groups excluding carboxylic acids is 2. The summed E-state index contributed by atoms with van der Waals surface area (Å²) in [5, 5.41) is 3.10. The number of hydrogen-bond acceptors (Lipinski definition) is 6. The second-order valence-corrected chi connectivity index (χ2v) is 5.11. The molecule has 1 aromatic carbocycles. The Balaban J connectivity index is 1.81. The average molecular weight is 291 g/mol. The quantitative estimate of drug-likeness (QED) is 0.612. The van der Waals surface area contributed by atoms with Crippen LogP contribution in [0, 0.1) is 0 Å². The van der Waals surface area contributed by atoms with Gasteiger partial charge in [-0.15, -0.1) is 0 Å². The van der Waals surface area contributed by atoms with Gasteiger partial charge in [0.1, 0.15) is 19.3 Å². The lowest BCUT2D eigenvalue weighted by molar-refractivity contribution is -0.146. The first-order valence-corrected chi connectivity index (χ1v) is 6.82. The fourth-order valence-corrected chi connectivity index (χ4v) is 2.47. The molecule has 21 heavy (non-hydrogen) atoms. The van der Waals surface area contributed by atoms with Crippen molar-refractivity contribution in [3.8, 4) is 11.5 Å². The zero-order chi connectivity index (χ0) is 15.0. The van der Waals surface area contributed by atoms with Gasteiger partial charge < -0.3 is 20.5 Å². The molecular weight excluding hydrogens is 274 g/mol. The van der Waals surface area contributed by atoms with E-state index in [0.717, 1.165) is 4.90 Å². The summed E-state index contributed by atoms with van der Waals surface area (Å²) in [5.74, 6) is 0.797. The molecular formula is C14H17N3O4. The van der Waals surface area contributed by atoms with E-state index >= 15 is 0 Å². The number of nitrogens with one attached hydrogen (secondary N) is 1. The second kappa shape index (κ2) is 5.16. The lowest BCUT2D eigenvalue weighted by Crippen LogP contribution is -2.48. The van der Waals surface area contributed by atoms with Gasteiger partial charge in [0.05, 0.1) is 11.4 Å². The third-order valence-corrected chi connectivity index (χ3v) is 3.69. The van der Waals surface area contributed by atoms with Crippen LogP contribution in [0.2, 0.25) is 0 Å². The van der Waals surface area contributed by atoms with E-state index in [2.05, 4.69) is 5.32 Å². The van der Waals surface area contributed by atoms with Gasteiger partial charge in [0.2, 0.25) is 5.91 Å². The number of nitrogen functional groups attached to an aromatic ring is 1. The van der Waals surface area contributed by atoms with E-state index in [1.54, 1.807) is 12.1 Å². The number of nitrogens with zero attached hydrogens (tertiary/aromatic N) is 1. The highest BCUT2D eigenvalue weighted by Crippen LogP contribution is 2.37. The Morgan fingerprint density at radius 1 is 1.24 bits per heavy atom. The normalized spacial score (nSPS) is 21.4. The molecule has 1 atom stereocenters. The number of rotatable bonds is 2. The molecule has 3 N–H and O–H groups in total. The first-order valence-electron chi connectivity index (χ1n) is 6.82. The molecule has 3 rings (SSSR count). The SMILES string of the molecule is CN1C(=O)CCC(Nc2cc3c(cc2N)OCCO3)C1=O. The average Bonchev–Trinajstić information content (AvgIpc) is 2.48. The van der Waals surface area contributed by atoms with Crippen molar-refractivity contribution in [3.05, 3.63) is 12.1 Å². The first kappa shape index (κ1) is 13.5. The molecule has 1 saturated heterocycles. The number of likely N-dealkylation sites (tertiary alicyclic amines) is 1. The number of benzene rings is 1. The third-order valence-electron chi connectivity index (χ3n) is 3.69. The maximum atomic E-state index is 12.1. The van der Waals surface area contributed by atoms with Crippen LogP contribution in [-0.4, -0.2) is 43.0 Å². The Labute approximate surface area is 122 Å². The van der Waals surface area contributed by atoms with Crippen molar-refractivity contribution < 1.29 is 19.1 Å². The van der Waals surface area contributed by atoms with Gasteiger partial charge in [0.25, 0.3) is 5.91 Å². The van der Waals surface area contributed by atoms with E-state index in [1.807, 2.05) is 0 Å². The minimum absolute atomic E-state index is 0.159. The van der Waals surface area contributed by atoms with Crippen molar-refractivity contribution in [1.82, 2.24) is 4.90 Å². The molecule has 1 aromatic rings. The zero-order valence-electron chi connectivity index (χ0n) is 11.7. The number of ether oxygens (including phenoxy) is 2. The minimum Gasteiger partial charge on any atom is -0.486 e. The number of piperidine rings is 1. The number of carbonyl (C=O) groups is 2. The van der Waals surface area contributed by atoms with E-state index < -0.39 is 6.04 Å². The molecule has 0 aliphatic carbocycles. The van der Waals surface area contributed by atoms with Crippen LogP contribution in [0.4, 0.5) is 11.4 Å². The molecule has 0 saturated carbocycles. The van der Waals surface area contributed by atoms with Gasteiger partial charge in [0.15, 0.2) is 11.5 Å². The van der Waals surface area contributed by atoms with Crippen molar-refractivity contribution in [2.45, 2.75) is 18.9 Å². The van der Waals surface area contributed by atoms with Gasteiger partial charge >= 0.3 is 0 Å². The van der Waals surface area contributed by atoms with E-state index in [0.29, 0.717) is 48.9 Å². The summed E-state index contributed by atoms with van der Waals surface area (Å²) in [5.41, 5.74) is 7.07. The number of likely N-dealkylation sites (N-methyl/N-ethyl adjacent to an activating group) is 1. The summed E-state index contributed by atoms with van der Waals surface area (Å²) < 4.78 is 11.0. The highest BCUT2D eigenvalue weighted by molar-refractivity contribution is 6.01. The highest BCUT2D eigenvalue weighted by Gasteiger charge is 2.32. The van der Waals surface area contributed by atoms with Gasteiger partial charge in [-0.1, -0.05) is 0 Å². The first-order chi connectivity index (χ1) is 10.1. The Kier molecular flexibility index (Phi) is 3.32. The van der Waals surface area contributed by atoms with Gasteiger partial charge in [-0.2, -0.15) is 0 Å². The largest absolute Gasteiger partial charge is 0.486 e. The number of nitrogens with two attached hydrogens (primary N) is 1. The van der Waals surface area contributed by atoms with Crippen LogP contribution in [0.3, 0.4) is 0 Å². The van der Waals surface area contributed by atoms with Crippen molar-refractivity contribution in [3.63, 3.8) is 0 Å². The molecule has 2 heterocycles. The topological polar surface area (TPSA) is 93.9 Å². The molecule has 2 aliphatic heterocycles. The monoisotopic (exact) mass is 291 g/mol. The third kappa shape index (κ3) is 2.46. The van der Waals surface area contributed by atoms with Crippen molar-refractivity contribution in [2.75, 3.05) is 31.3 Å². The summed E-state index contributed by atoms with van der Waals surface area (Å²) >= 11 is 0. The highest BCUT2D eigenvalue weighted by atomic mass is 16.6. The molecule has 0 bridgehead atoms. The van der Waals surface area contributed by atoms with Crippen LogP contribution in [0.25, 0.3) is 0 Å². The summed E-state index contributed by atoms with van der Waals surface area (Å²) in [7, 11) is 1.49. The van der Waals surface area contributed by atoms with Crippen molar-refractivity contribution in [2.24, 2.45) is 0 Å². The number of hydrogen-bond donors (Lipinski definition) is 2. The van der Waals surface area contributed by atoms with Crippen LogP contribution in [0.15, 0.2) is 12.1 Å². The maximum absolute atomic E-state index is 12.1. The lowest BCUT2D eigenvalue weighted by Gasteiger charge is -2.29. The Bertz CT molecular complexity index is 602. The van der Waals surface area contributed by atoms with Crippen molar-refractivity contribution in [1.29, 1.82) is 0 Å². The number of amides is 2. The van der Waals surface area contributed by atoms with Gasteiger partial charge in [-0.25, -0.2) is 0 Å². The molecule has 7 heteroatoms. The smallest absolute Gasteiger partial charge is 0.251 e. The summed E-state index contributed by atoms with van der Waals surface area (Å²) in [4.78, 5) is 24.7. The molecule has 1 unspecified atom stereocenters. The summed E-state index contributed by atoms with van der Waals surface area (Å²) in [6, 6.07) is 2.95. The van der Waals surface area contributed by atoms with E-state index in [-0.39, 0.29) is 11.8 Å². The Hall–Kier alpha value is -2.44. The predicted octanol–water partition coefficient (Wildman–Crippen LogP) is 0.599. The number of anilines is 2. The molecule has 0 radical (unpaired) electrons. The maximum Gasteiger partial charge on any atom is 0.251 e. The molecule has 7 nitrogen and oxygen atoms in total. The molecule has 2 amide bonds. The van der Waals surface area contributed by atoms with Crippen LogP contribution in [-0.2, 0) is 9.59 Å². The van der Waals surface area contributed by atoms with E-state index in [9.17, 15) is 9.59 Å². The number of fused-ring (bicyclic) bond motifs is 1. The standard InChI is InChI=1S/C14H17N3O4/c1-17-13(18)3-2-9(14(17)19)16-10-7-12-11(6-8(10)15)20-4-5-21-12/h6-7,9,16H,2-5,15H2,1H3. The lowest BCUT2D eigenvalue weighted by atomic mass is 10.0. The zero-order valence-corrected chi connectivity index (χ0v) is 11.7. The fraction of sp³-hybridized carbons (Fsp3) is 0.429. The fourth-order valence-electron chi connectivity index (χ4n) is 2.47. The van der Waals surface area contributed by atoms with E-state index in [1.165, 1.54) is 7.05 Å². The second-order valence-electron chi connectivity index (χ2n) is 5.11. The Morgan fingerprint density at radius 3 is 2.62 bits per heavy atom. The van der Waals surface area contributed by atoms with Gasteiger partial charge in [0, 0.05) is 25.6 Å².